The molecule has 0 radical (unpaired) electrons. The van der Waals surface area contributed by atoms with Gasteiger partial charge in [0.1, 0.15) is 16.9 Å². The first-order valence-electron chi connectivity index (χ1n) is 11.2. The van der Waals surface area contributed by atoms with E-state index in [9.17, 15) is 9.59 Å². The molecule has 1 aromatic carbocycles. The molecule has 0 bridgehead atoms. The average molecular weight is 449 g/mol. The van der Waals surface area contributed by atoms with E-state index in [0.717, 1.165) is 53.1 Å². The lowest BCUT2D eigenvalue weighted by Crippen LogP contribution is -2.65. The minimum absolute atomic E-state index is 0.114. The van der Waals surface area contributed by atoms with Gasteiger partial charge in [-0.1, -0.05) is 36.6 Å². The number of rotatable bonds is 4. The highest BCUT2D eigenvalue weighted by Gasteiger charge is 2.49. The zero-order valence-electron chi connectivity index (χ0n) is 18.7. The number of thiophene rings is 1. The van der Waals surface area contributed by atoms with Crippen LogP contribution in [-0.2, 0) is 11.3 Å². The van der Waals surface area contributed by atoms with Crippen molar-refractivity contribution >= 4 is 28.8 Å². The van der Waals surface area contributed by atoms with Crippen molar-refractivity contribution in [2.45, 2.75) is 64.6 Å². The number of amides is 2. The van der Waals surface area contributed by atoms with Gasteiger partial charge in [-0.25, -0.2) is 0 Å². The summed E-state index contributed by atoms with van der Waals surface area (Å²) in [6, 6.07) is 12.0. The molecule has 7 heteroatoms. The predicted molar refractivity (Wildman–Crippen MR) is 127 cm³/mol. The molecule has 2 amide bonds. The summed E-state index contributed by atoms with van der Waals surface area (Å²) in [5.74, 6) is -0.306. The van der Waals surface area contributed by atoms with Crippen LogP contribution in [0, 0.1) is 13.8 Å². The maximum atomic E-state index is 13.9. The second kappa shape index (κ2) is 7.89. The molecule has 1 aliphatic heterocycles. The van der Waals surface area contributed by atoms with E-state index in [-0.39, 0.29) is 17.9 Å². The lowest BCUT2D eigenvalue weighted by Gasteiger charge is -2.44. The van der Waals surface area contributed by atoms with Crippen molar-refractivity contribution in [3.05, 3.63) is 58.6 Å². The quantitative estimate of drug-likeness (QED) is 0.629. The Balaban J connectivity index is 1.60. The van der Waals surface area contributed by atoms with Crippen LogP contribution in [0.15, 0.2) is 41.8 Å². The predicted octanol–water partition coefficient (Wildman–Crippen LogP) is 4.71. The Morgan fingerprint density at radius 1 is 1.19 bits per heavy atom. The third-order valence-electron chi connectivity index (χ3n) is 6.70. The highest BCUT2D eigenvalue weighted by Crippen LogP contribution is 2.37. The molecule has 0 spiro atoms. The monoisotopic (exact) mass is 448 g/mol. The van der Waals surface area contributed by atoms with Gasteiger partial charge in [0, 0.05) is 11.7 Å². The Hall–Kier alpha value is -2.93. The fourth-order valence-corrected chi connectivity index (χ4v) is 5.65. The van der Waals surface area contributed by atoms with Gasteiger partial charge in [-0.05, 0) is 62.8 Å². The number of nitrogens with zero attached hydrogens (tertiary/aromatic N) is 3. The Labute approximate surface area is 192 Å². The van der Waals surface area contributed by atoms with Crippen LogP contribution in [-0.4, -0.2) is 33.2 Å². The van der Waals surface area contributed by atoms with Crippen LogP contribution in [0.1, 0.15) is 54.2 Å². The van der Waals surface area contributed by atoms with E-state index in [2.05, 4.69) is 11.4 Å². The summed E-state index contributed by atoms with van der Waals surface area (Å²) in [5, 5.41) is 9.95. The van der Waals surface area contributed by atoms with E-state index < -0.39 is 5.54 Å². The highest BCUT2D eigenvalue weighted by atomic mass is 32.1. The Morgan fingerprint density at radius 2 is 1.97 bits per heavy atom. The van der Waals surface area contributed by atoms with Crippen LogP contribution in [0.4, 0.5) is 5.69 Å². The molecule has 166 valence electrons. The number of aryl methyl sites for hydroxylation is 2. The maximum absolute atomic E-state index is 13.9. The van der Waals surface area contributed by atoms with Crippen LogP contribution in [0.25, 0.3) is 10.6 Å². The number of hydrogen-bond donors (Lipinski definition) is 1. The van der Waals surface area contributed by atoms with Crippen LogP contribution in [0.5, 0.6) is 0 Å². The van der Waals surface area contributed by atoms with Crippen molar-refractivity contribution < 1.29 is 9.59 Å². The van der Waals surface area contributed by atoms with E-state index in [0.29, 0.717) is 12.2 Å². The van der Waals surface area contributed by atoms with Gasteiger partial charge >= 0.3 is 0 Å². The molecule has 1 fully saturated rings. The largest absolute Gasteiger partial charge is 0.351 e. The van der Waals surface area contributed by atoms with E-state index in [4.69, 9.17) is 5.10 Å². The molecule has 0 unspecified atom stereocenters. The van der Waals surface area contributed by atoms with Crippen molar-refractivity contribution in [1.82, 2.24) is 15.1 Å². The van der Waals surface area contributed by atoms with Crippen LogP contribution < -0.4 is 10.2 Å². The number of fused-ring (bicyclic) bond motifs is 1. The molecule has 2 aliphatic rings. The molecule has 1 atom stereocenters. The number of anilines is 1. The molecule has 1 N–H and O–H groups in total. The lowest BCUT2D eigenvalue weighted by molar-refractivity contribution is -0.127. The van der Waals surface area contributed by atoms with Gasteiger partial charge in [0.2, 0.25) is 5.91 Å². The topological polar surface area (TPSA) is 67.2 Å². The van der Waals surface area contributed by atoms with Gasteiger partial charge in [-0.3, -0.25) is 19.2 Å². The number of aromatic nitrogens is 2. The van der Waals surface area contributed by atoms with Gasteiger partial charge in [-0.15, -0.1) is 11.3 Å². The number of carbonyl (C=O) groups is 2. The number of benzene rings is 1. The minimum Gasteiger partial charge on any atom is -0.351 e. The summed E-state index contributed by atoms with van der Waals surface area (Å²) in [6.07, 6.45) is 4.26. The zero-order chi connectivity index (χ0) is 22.5. The van der Waals surface area contributed by atoms with E-state index in [1.807, 2.05) is 56.5 Å². The van der Waals surface area contributed by atoms with Crippen molar-refractivity contribution in [3.8, 4) is 10.6 Å². The fraction of sp³-hybridized carbons (Fsp3) is 0.400. The molecule has 3 aromatic rings. The molecular weight excluding hydrogens is 420 g/mol. The standard InChI is InChI=1S/C25H28N4O2S/c1-16-10-11-20(17(2)13-16)29-23(30)21-14-19(22-9-6-12-32-22)27-28(21)15-25(29,3)24(31)26-18-7-4-5-8-18/h6,9-14,18H,4-5,7-8,15H2,1-3H3,(H,26,31)/t25-/m1/s1. The molecule has 2 aromatic heterocycles. The Kier molecular flexibility index (Phi) is 5.16. The number of nitrogens with one attached hydrogen (secondary N) is 1. The summed E-state index contributed by atoms with van der Waals surface area (Å²) >= 11 is 1.59. The third kappa shape index (κ3) is 3.45. The van der Waals surface area contributed by atoms with E-state index >= 15 is 0 Å². The molecule has 5 rings (SSSR count). The molecular formula is C25H28N4O2S. The van der Waals surface area contributed by atoms with Crippen molar-refractivity contribution in [3.63, 3.8) is 0 Å². The zero-order valence-corrected chi connectivity index (χ0v) is 19.5. The highest BCUT2D eigenvalue weighted by molar-refractivity contribution is 7.13. The van der Waals surface area contributed by atoms with Crippen molar-refractivity contribution in [1.29, 1.82) is 0 Å². The van der Waals surface area contributed by atoms with E-state index in [1.54, 1.807) is 20.9 Å². The second-order valence-corrected chi connectivity index (χ2v) is 10.2. The second-order valence-electron chi connectivity index (χ2n) is 9.21. The summed E-state index contributed by atoms with van der Waals surface area (Å²) < 4.78 is 1.71. The molecule has 1 saturated carbocycles. The summed E-state index contributed by atoms with van der Waals surface area (Å²) in [6.45, 7) is 6.20. The minimum atomic E-state index is -1.08. The lowest BCUT2D eigenvalue weighted by atomic mass is 9.92. The first kappa shape index (κ1) is 20.9. The number of carbonyl (C=O) groups excluding carboxylic acids is 2. The summed E-state index contributed by atoms with van der Waals surface area (Å²) in [7, 11) is 0. The van der Waals surface area contributed by atoms with E-state index in [1.165, 1.54) is 0 Å². The first-order chi connectivity index (χ1) is 15.4. The summed E-state index contributed by atoms with van der Waals surface area (Å²) in [4.78, 5) is 30.3. The Bertz CT molecular complexity index is 1180. The third-order valence-corrected chi connectivity index (χ3v) is 7.59. The molecule has 32 heavy (non-hydrogen) atoms. The maximum Gasteiger partial charge on any atom is 0.277 e. The normalized spacial score (nSPS) is 21.1. The first-order valence-corrected chi connectivity index (χ1v) is 12.1. The van der Waals surface area contributed by atoms with Crippen LogP contribution >= 0.6 is 11.3 Å². The van der Waals surface area contributed by atoms with Gasteiger partial charge in [0.15, 0.2) is 0 Å². The van der Waals surface area contributed by atoms with Gasteiger partial charge < -0.3 is 5.32 Å². The SMILES string of the molecule is Cc1ccc(N2C(=O)c3cc(-c4cccs4)nn3C[C@]2(C)C(=O)NC2CCCC2)c(C)c1. The Morgan fingerprint density at radius 3 is 2.66 bits per heavy atom. The van der Waals surface area contributed by atoms with Gasteiger partial charge in [0.25, 0.3) is 5.91 Å². The summed E-state index contributed by atoms with van der Waals surface area (Å²) in [5.41, 5.74) is 3.08. The van der Waals surface area contributed by atoms with Crippen LogP contribution in [0.2, 0.25) is 0 Å². The molecule has 3 heterocycles. The van der Waals surface area contributed by atoms with Crippen LogP contribution in [0.3, 0.4) is 0 Å². The molecule has 6 nitrogen and oxygen atoms in total. The van der Waals surface area contributed by atoms with Crippen molar-refractivity contribution in [2.24, 2.45) is 0 Å². The average Bonchev–Trinajstić information content (AvgIpc) is 3.50. The van der Waals surface area contributed by atoms with Gasteiger partial charge in [0.05, 0.1) is 11.4 Å². The fourth-order valence-electron chi connectivity index (χ4n) is 4.97. The number of hydrogen-bond acceptors (Lipinski definition) is 4. The van der Waals surface area contributed by atoms with Gasteiger partial charge in [-0.2, -0.15) is 5.10 Å². The molecule has 0 saturated heterocycles. The molecule has 1 aliphatic carbocycles. The van der Waals surface area contributed by atoms with Crippen molar-refractivity contribution in [2.75, 3.05) is 4.90 Å². The smallest absolute Gasteiger partial charge is 0.277 e.